The third kappa shape index (κ3) is 1.89. The van der Waals surface area contributed by atoms with E-state index in [4.69, 9.17) is 10.8 Å². The molecule has 1 saturated carbocycles. The van der Waals surface area contributed by atoms with Gasteiger partial charge < -0.3 is 5.73 Å². The molecule has 0 radical (unpaired) electrons. The zero-order valence-corrected chi connectivity index (χ0v) is 12.5. The summed E-state index contributed by atoms with van der Waals surface area (Å²) >= 11 is 1.75. The maximum atomic E-state index is 6.28. The summed E-state index contributed by atoms with van der Waals surface area (Å²) in [5.41, 5.74) is 8.94. The fourth-order valence-corrected chi connectivity index (χ4v) is 4.16. The predicted octanol–water partition coefficient (Wildman–Crippen LogP) is 3.95. The van der Waals surface area contributed by atoms with Gasteiger partial charge in [-0.05, 0) is 30.7 Å². The summed E-state index contributed by atoms with van der Waals surface area (Å²) in [6, 6.07) is 4.24. The van der Waals surface area contributed by atoms with E-state index in [-0.39, 0.29) is 5.41 Å². The number of rotatable bonds is 3. The number of aryl methyl sites for hydroxylation is 1. The van der Waals surface area contributed by atoms with E-state index < -0.39 is 0 Å². The van der Waals surface area contributed by atoms with E-state index in [2.05, 4.69) is 24.4 Å². The maximum absolute atomic E-state index is 6.28. The monoisotopic (exact) mass is 275 g/mol. The van der Waals surface area contributed by atoms with Crippen molar-refractivity contribution in [2.75, 3.05) is 5.73 Å². The minimum atomic E-state index is 0.245. The maximum Gasteiger partial charge on any atom is 0.130 e. The second-order valence-electron chi connectivity index (χ2n) is 5.55. The Morgan fingerprint density at radius 2 is 2.16 bits per heavy atom. The molecule has 0 aromatic carbocycles. The van der Waals surface area contributed by atoms with Crippen LogP contribution in [-0.4, -0.2) is 9.78 Å². The Kier molecular flexibility index (Phi) is 3.13. The van der Waals surface area contributed by atoms with Crippen molar-refractivity contribution in [2.24, 2.45) is 7.05 Å². The summed E-state index contributed by atoms with van der Waals surface area (Å²) in [7, 11) is 1.95. The van der Waals surface area contributed by atoms with Crippen LogP contribution in [0.3, 0.4) is 0 Å². The number of nitrogen functional groups attached to an aromatic ring is 1. The normalized spacial score (nSPS) is 18.0. The highest BCUT2D eigenvalue weighted by Crippen LogP contribution is 2.48. The third-order valence-electron chi connectivity index (χ3n) is 4.60. The molecule has 2 aromatic rings. The molecule has 0 saturated heterocycles. The lowest BCUT2D eigenvalue weighted by Gasteiger charge is -2.26. The fourth-order valence-electron chi connectivity index (χ4n) is 3.38. The average molecular weight is 275 g/mol. The Labute approximate surface area is 118 Å². The van der Waals surface area contributed by atoms with Crippen LogP contribution in [0.4, 0.5) is 5.82 Å². The summed E-state index contributed by atoms with van der Waals surface area (Å²) in [5, 5.41) is 6.90. The molecule has 2 heterocycles. The quantitative estimate of drug-likeness (QED) is 0.921. The standard InChI is InChI=1S/C15H21N3S/c1-3-15(8-4-5-9-15)13-12(11-7-6-10-19-11)14(16)18(2)17-13/h6-7,10H,3-5,8-9,16H2,1-2H3. The van der Waals surface area contributed by atoms with Crippen molar-refractivity contribution < 1.29 is 0 Å². The first-order chi connectivity index (χ1) is 9.18. The molecular formula is C15H21N3S. The topological polar surface area (TPSA) is 43.8 Å². The lowest BCUT2D eigenvalue weighted by molar-refractivity contribution is 0.408. The van der Waals surface area contributed by atoms with Gasteiger partial charge in [0.25, 0.3) is 0 Å². The highest BCUT2D eigenvalue weighted by molar-refractivity contribution is 7.13. The molecule has 4 heteroatoms. The van der Waals surface area contributed by atoms with Gasteiger partial charge in [0, 0.05) is 17.3 Å². The van der Waals surface area contributed by atoms with Crippen LogP contribution in [0.5, 0.6) is 0 Å². The third-order valence-corrected chi connectivity index (χ3v) is 5.49. The Balaban J connectivity index is 2.19. The molecule has 1 aliphatic rings. The number of anilines is 1. The molecule has 0 bridgehead atoms. The smallest absolute Gasteiger partial charge is 0.130 e. The number of nitrogens with two attached hydrogens (primary N) is 1. The second kappa shape index (κ2) is 4.67. The molecule has 0 amide bonds. The molecule has 102 valence electrons. The first-order valence-corrected chi connectivity index (χ1v) is 7.93. The van der Waals surface area contributed by atoms with Crippen molar-refractivity contribution in [3.05, 3.63) is 23.2 Å². The van der Waals surface area contributed by atoms with E-state index in [1.807, 2.05) is 11.7 Å². The van der Waals surface area contributed by atoms with E-state index in [9.17, 15) is 0 Å². The Morgan fingerprint density at radius 3 is 2.74 bits per heavy atom. The van der Waals surface area contributed by atoms with Gasteiger partial charge in [-0.2, -0.15) is 5.10 Å². The summed E-state index contributed by atoms with van der Waals surface area (Å²) in [5.74, 6) is 0.803. The van der Waals surface area contributed by atoms with Crippen LogP contribution in [-0.2, 0) is 12.5 Å². The number of hydrogen-bond acceptors (Lipinski definition) is 3. The van der Waals surface area contributed by atoms with Crippen LogP contribution in [0.1, 0.15) is 44.7 Å². The Bertz CT molecular complexity index is 562. The minimum Gasteiger partial charge on any atom is -0.383 e. The fraction of sp³-hybridized carbons (Fsp3) is 0.533. The lowest BCUT2D eigenvalue weighted by atomic mass is 9.78. The first kappa shape index (κ1) is 12.7. The molecule has 1 aliphatic carbocycles. The molecule has 3 nitrogen and oxygen atoms in total. The first-order valence-electron chi connectivity index (χ1n) is 7.05. The van der Waals surface area contributed by atoms with E-state index in [1.165, 1.54) is 41.8 Å². The second-order valence-corrected chi connectivity index (χ2v) is 6.50. The van der Waals surface area contributed by atoms with Gasteiger partial charge in [0.1, 0.15) is 5.82 Å². The molecule has 0 aliphatic heterocycles. The summed E-state index contributed by atoms with van der Waals surface area (Å²) < 4.78 is 1.85. The van der Waals surface area contributed by atoms with Crippen LogP contribution in [0.2, 0.25) is 0 Å². The molecule has 0 atom stereocenters. The number of hydrogen-bond donors (Lipinski definition) is 1. The van der Waals surface area contributed by atoms with Gasteiger partial charge in [-0.15, -0.1) is 11.3 Å². The van der Waals surface area contributed by atoms with Crippen molar-refractivity contribution in [1.82, 2.24) is 9.78 Å². The van der Waals surface area contributed by atoms with Crippen molar-refractivity contribution in [1.29, 1.82) is 0 Å². The van der Waals surface area contributed by atoms with Crippen molar-refractivity contribution in [2.45, 2.75) is 44.4 Å². The van der Waals surface area contributed by atoms with Gasteiger partial charge in [0.15, 0.2) is 0 Å². The van der Waals surface area contributed by atoms with Crippen molar-refractivity contribution >= 4 is 17.2 Å². The summed E-state index contributed by atoms with van der Waals surface area (Å²) in [4.78, 5) is 1.25. The summed E-state index contributed by atoms with van der Waals surface area (Å²) in [6.07, 6.45) is 6.28. The molecular weight excluding hydrogens is 254 g/mol. The van der Waals surface area contributed by atoms with Gasteiger partial charge in [0.2, 0.25) is 0 Å². The molecule has 3 rings (SSSR count). The molecule has 19 heavy (non-hydrogen) atoms. The largest absolute Gasteiger partial charge is 0.383 e. The Hall–Kier alpha value is -1.29. The molecule has 0 unspecified atom stereocenters. The van der Waals surface area contributed by atoms with E-state index >= 15 is 0 Å². The van der Waals surface area contributed by atoms with Crippen LogP contribution in [0.15, 0.2) is 17.5 Å². The van der Waals surface area contributed by atoms with Gasteiger partial charge >= 0.3 is 0 Å². The van der Waals surface area contributed by atoms with Crippen LogP contribution >= 0.6 is 11.3 Å². The van der Waals surface area contributed by atoms with Gasteiger partial charge in [-0.25, -0.2) is 0 Å². The average Bonchev–Trinajstić information content (AvgIpc) is 3.12. The predicted molar refractivity (Wildman–Crippen MR) is 81.4 cm³/mol. The summed E-state index contributed by atoms with van der Waals surface area (Å²) in [6.45, 7) is 2.29. The van der Waals surface area contributed by atoms with Crippen molar-refractivity contribution in [3.8, 4) is 10.4 Å². The zero-order valence-electron chi connectivity index (χ0n) is 11.6. The highest BCUT2D eigenvalue weighted by Gasteiger charge is 2.39. The van der Waals surface area contributed by atoms with E-state index in [0.717, 1.165) is 12.2 Å². The lowest BCUT2D eigenvalue weighted by Crippen LogP contribution is -2.22. The van der Waals surface area contributed by atoms with Crippen LogP contribution < -0.4 is 5.73 Å². The number of nitrogens with zero attached hydrogens (tertiary/aromatic N) is 2. The Morgan fingerprint density at radius 1 is 1.42 bits per heavy atom. The van der Waals surface area contributed by atoms with Gasteiger partial charge in [-0.1, -0.05) is 25.8 Å². The molecule has 2 aromatic heterocycles. The molecule has 0 spiro atoms. The van der Waals surface area contributed by atoms with Gasteiger partial charge in [-0.3, -0.25) is 4.68 Å². The highest BCUT2D eigenvalue weighted by atomic mass is 32.1. The number of aromatic nitrogens is 2. The van der Waals surface area contributed by atoms with Crippen LogP contribution in [0, 0.1) is 0 Å². The van der Waals surface area contributed by atoms with E-state index in [1.54, 1.807) is 11.3 Å². The molecule has 2 N–H and O–H groups in total. The van der Waals surface area contributed by atoms with Crippen molar-refractivity contribution in [3.63, 3.8) is 0 Å². The van der Waals surface area contributed by atoms with Crippen LogP contribution in [0.25, 0.3) is 10.4 Å². The number of thiophene rings is 1. The SMILES string of the molecule is CCC1(c2nn(C)c(N)c2-c2cccs2)CCCC1. The molecule has 1 fully saturated rings. The van der Waals surface area contributed by atoms with E-state index in [0.29, 0.717) is 0 Å². The zero-order chi connectivity index (χ0) is 13.5. The minimum absolute atomic E-state index is 0.245. The van der Waals surface area contributed by atoms with Gasteiger partial charge in [0.05, 0.1) is 11.3 Å².